The average molecular weight is 255 g/mol. The third-order valence-corrected chi connectivity index (χ3v) is 3.33. The molecule has 1 N–H and O–H groups in total. The summed E-state index contributed by atoms with van der Waals surface area (Å²) >= 11 is 0. The summed E-state index contributed by atoms with van der Waals surface area (Å²) in [5, 5.41) is 9.69. The van der Waals surface area contributed by atoms with Crippen molar-refractivity contribution in [3.63, 3.8) is 0 Å². The van der Waals surface area contributed by atoms with E-state index in [9.17, 15) is 9.50 Å². The van der Waals surface area contributed by atoms with E-state index in [1.807, 2.05) is 0 Å². The molecule has 0 bridgehead atoms. The number of rotatable bonds is 4. The first-order valence-corrected chi connectivity index (χ1v) is 5.89. The summed E-state index contributed by atoms with van der Waals surface area (Å²) in [6, 6.07) is 3.98. The van der Waals surface area contributed by atoms with Crippen molar-refractivity contribution >= 4 is 0 Å². The van der Waals surface area contributed by atoms with Crippen molar-refractivity contribution in [2.75, 3.05) is 27.3 Å². The van der Waals surface area contributed by atoms with Gasteiger partial charge in [-0.25, -0.2) is 4.39 Å². The molecule has 2 unspecified atom stereocenters. The van der Waals surface area contributed by atoms with Gasteiger partial charge in [0, 0.05) is 39.4 Å². The van der Waals surface area contributed by atoms with Gasteiger partial charge in [-0.2, -0.15) is 0 Å². The van der Waals surface area contributed by atoms with E-state index in [-0.39, 0.29) is 23.8 Å². The monoisotopic (exact) mass is 255 g/mol. The Morgan fingerprint density at radius 3 is 2.44 bits per heavy atom. The van der Waals surface area contributed by atoms with E-state index >= 15 is 0 Å². The van der Waals surface area contributed by atoms with Crippen LogP contribution in [-0.2, 0) is 16.0 Å². The van der Waals surface area contributed by atoms with Crippen molar-refractivity contribution in [1.29, 1.82) is 0 Å². The molecule has 0 aliphatic carbocycles. The molecule has 1 heterocycles. The smallest absolute Gasteiger partial charge is 0.123 e. The number of methoxy groups -OCH3 is 2. The molecule has 1 saturated heterocycles. The van der Waals surface area contributed by atoms with E-state index in [2.05, 4.69) is 4.90 Å². The molecule has 0 saturated carbocycles. The van der Waals surface area contributed by atoms with Gasteiger partial charge in [0.15, 0.2) is 0 Å². The summed E-state index contributed by atoms with van der Waals surface area (Å²) < 4.78 is 23.8. The summed E-state index contributed by atoms with van der Waals surface area (Å²) in [4.78, 5) is 2.08. The Bertz CT molecular complexity index is 401. The second kappa shape index (κ2) is 5.65. The van der Waals surface area contributed by atoms with E-state index in [4.69, 9.17) is 9.47 Å². The molecule has 1 aliphatic rings. The van der Waals surface area contributed by atoms with E-state index in [0.717, 1.165) is 0 Å². The Labute approximate surface area is 106 Å². The fraction of sp³-hybridized carbons (Fsp3) is 0.538. The first-order valence-electron chi connectivity index (χ1n) is 5.89. The molecule has 1 aliphatic heterocycles. The van der Waals surface area contributed by atoms with Gasteiger partial charge in [0.05, 0.1) is 12.2 Å². The summed E-state index contributed by atoms with van der Waals surface area (Å²) in [6.45, 7) is 1.92. The van der Waals surface area contributed by atoms with E-state index in [1.165, 1.54) is 18.2 Å². The summed E-state index contributed by atoms with van der Waals surface area (Å²) in [6.07, 6.45) is 0.0383. The van der Waals surface area contributed by atoms with Crippen LogP contribution in [0.3, 0.4) is 0 Å². The molecule has 4 nitrogen and oxygen atoms in total. The Morgan fingerprint density at radius 1 is 1.28 bits per heavy atom. The molecule has 1 aromatic carbocycles. The first kappa shape index (κ1) is 13.3. The molecule has 0 aromatic heterocycles. The molecule has 1 fully saturated rings. The maximum Gasteiger partial charge on any atom is 0.123 e. The van der Waals surface area contributed by atoms with Crippen molar-refractivity contribution in [1.82, 2.24) is 4.90 Å². The zero-order valence-corrected chi connectivity index (χ0v) is 10.6. The lowest BCUT2D eigenvalue weighted by Crippen LogP contribution is -2.27. The maximum atomic E-state index is 13.1. The minimum absolute atomic E-state index is 0.0192. The standard InChI is InChI=1S/C13H18FNO3/c1-17-12-7-15(8-13(12)18-2)6-9-5-10(14)3-4-11(9)16/h3-5,12-13,16H,6-8H2,1-2H3. The second-order valence-electron chi connectivity index (χ2n) is 4.52. The van der Waals surface area contributed by atoms with E-state index in [0.29, 0.717) is 25.2 Å². The number of halogens is 1. The topological polar surface area (TPSA) is 41.9 Å². The van der Waals surface area contributed by atoms with Crippen LogP contribution in [0.1, 0.15) is 5.56 Å². The Balaban J connectivity index is 2.04. The lowest BCUT2D eigenvalue weighted by molar-refractivity contribution is -0.00461. The summed E-state index contributed by atoms with van der Waals surface area (Å²) in [5.41, 5.74) is 0.585. The van der Waals surface area contributed by atoms with E-state index in [1.54, 1.807) is 14.2 Å². The molecular weight excluding hydrogens is 237 g/mol. The molecule has 100 valence electrons. The van der Waals surface area contributed by atoms with Crippen LogP contribution in [0.5, 0.6) is 5.75 Å². The summed E-state index contributed by atoms with van der Waals surface area (Å²) in [7, 11) is 3.31. The SMILES string of the molecule is COC1CN(Cc2cc(F)ccc2O)CC1OC. The van der Waals surface area contributed by atoms with Crippen LogP contribution in [0.15, 0.2) is 18.2 Å². The lowest BCUT2D eigenvalue weighted by Gasteiger charge is -2.16. The predicted molar refractivity (Wildman–Crippen MR) is 64.9 cm³/mol. The van der Waals surface area contributed by atoms with Gasteiger partial charge in [-0.15, -0.1) is 0 Å². The molecule has 0 amide bonds. The highest BCUT2D eigenvalue weighted by molar-refractivity contribution is 5.32. The van der Waals surface area contributed by atoms with Crippen molar-refractivity contribution in [3.8, 4) is 5.75 Å². The fourth-order valence-electron chi connectivity index (χ4n) is 2.32. The zero-order valence-electron chi connectivity index (χ0n) is 10.6. The van der Waals surface area contributed by atoms with Gasteiger partial charge in [-0.05, 0) is 18.2 Å². The van der Waals surface area contributed by atoms with Crippen LogP contribution < -0.4 is 0 Å². The van der Waals surface area contributed by atoms with Crippen molar-refractivity contribution < 1.29 is 19.0 Å². The van der Waals surface area contributed by atoms with Gasteiger partial charge in [0.1, 0.15) is 11.6 Å². The minimum Gasteiger partial charge on any atom is -0.508 e. The van der Waals surface area contributed by atoms with Gasteiger partial charge in [-0.3, -0.25) is 4.90 Å². The number of likely N-dealkylation sites (tertiary alicyclic amines) is 1. The highest BCUT2D eigenvalue weighted by atomic mass is 19.1. The lowest BCUT2D eigenvalue weighted by atomic mass is 10.2. The molecule has 1 aromatic rings. The largest absolute Gasteiger partial charge is 0.508 e. The normalized spacial score (nSPS) is 24.6. The van der Waals surface area contributed by atoms with Crippen molar-refractivity contribution in [3.05, 3.63) is 29.6 Å². The average Bonchev–Trinajstić information content (AvgIpc) is 2.76. The Morgan fingerprint density at radius 2 is 1.89 bits per heavy atom. The maximum absolute atomic E-state index is 13.1. The van der Waals surface area contributed by atoms with Crippen LogP contribution >= 0.6 is 0 Å². The number of phenols is 1. The highest BCUT2D eigenvalue weighted by Crippen LogP contribution is 2.23. The van der Waals surface area contributed by atoms with Crippen LogP contribution in [0.4, 0.5) is 4.39 Å². The number of ether oxygens (including phenoxy) is 2. The Hall–Kier alpha value is -1.17. The van der Waals surface area contributed by atoms with Crippen LogP contribution in [0.2, 0.25) is 0 Å². The molecule has 18 heavy (non-hydrogen) atoms. The first-order chi connectivity index (χ1) is 8.63. The molecule has 0 spiro atoms. The van der Waals surface area contributed by atoms with Gasteiger partial charge in [0.25, 0.3) is 0 Å². The number of hydrogen-bond acceptors (Lipinski definition) is 4. The third-order valence-electron chi connectivity index (χ3n) is 3.33. The fourth-order valence-corrected chi connectivity index (χ4v) is 2.32. The molecule has 2 atom stereocenters. The number of aromatic hydroxyl groups is 1. The van der Waals surface area contributed by atoms with Crippen LogP contribution in [0.25, 0.3) is 0 Å². The number of phenolic OH excluding ortho intramolecular Hbond substituents is 1. The Kier molecular flexibility index (Phi) is 4.16. The third kappa shape index (κ3) is 2.80. The minimum atomic E-state index is -0.339. The van der Waals surface area contributed by atoms with Crippen molar-refractivity contribution in [2.45, 2.75) is 18.8 Å². The highest BCUT2D eigenvalue weighted by Gasteiger charge is 2.33. The van der Waals surface area contributed by atoms with Crippen LogP contribution in [-0.4, -0.2) is 49.5 Å². The second-order valence-corrected chi connectivity index (χ2v) is 4.52. The molecule has 2 rings (SSSR count). The number of nitrogens with zero attached hydrogens (tertiary/aromatic N) is 1. The van der Waals surface area contributed by atoms with E-state index < -0.39 is 0 Å². The van der Waals surface area contributed by atoms with Gasteiger partial charge in [0.2, 0.25) is 0 Å². The molecule has 5 heteroatoms. The van der Waals surface area contributed by atoms with Crippen molar-refractivity contribution in [2.24, 2.45) is 0 Å². The summed E-state index contributed by atoms with van der Waals surface area (Å²) in [5.74, 6) is -0.222. The molecular formula is C13H18FNO3. The quantitative estimate of drug-likeness (QED) is 0.882. The van der Waals surface area contributed by atoms with Gasteiger partial charge < -0.3 is 14.6 Å². The van der Waals surface area contributed by atoms with Gasteiger partial charge >= 0.3 is 0 Å². The predicted octanol–water partition coefficient (Wildman–Crippen LogP) is 1.38. The zero-order chi connectivity index (χ0) is 13.1. The number of hydrogen-bond donors (Lipinski definition) is 1. The number of benzene rings is 1. The van der Waals surface area contributed by atoms with Gasteiger partial charge in [-0.1, -0.05) is 0 Å². The molecule has 0 radical (unpaired) electrons. The van der Waals surface area contributed by atoms with Crippen LogP contribution in [0, 0.1) is 5.82 Å².